The highest BCUT2D eigenvalue weighted by molar-refractivity contribution is 7.89. The van der Waals surface area contributed by atoms with Crippen molar-refractivity contribution in [3.05, 3.63) is 29.3 Å². The van der Waals surface area contributed by atoms with Gasteiger partial charge < -0.3 is 9.84 Å². The highest BCUT2D eigenvalue weighted by atomic mass is 32.2. The van der Waals surface area contributed by atoms with E-state index < -0.39 is 21.6 Å². The number of rotatable bonds is 5. The van der Waals surface area contributed by atoms with Gasteiger partial charge in [0.05, 0.1) is 16.1 Å². The van der Waals surface area contributed by atoms with E-state index in [2.05, 4.69) is 4.72 Å². The first kappa shape index (κ1) is 15.9. The zero-order valence-corrected chi connectivity index (χ0v) is 12.9. The number of aryl methyl sites for hydroxylation is 1. The van der Waals surface area contributed by atoms with Crippen molar-refractivity contribution in [3.63, 3.8) is 0 Å². The summed E-state index contributed by atoms with van der Waals surface area (Å²) in [5, 5.41) is 8.97. The normalized spacial score (nSPS) is 22.4. The molecular formula is C14H19NO5S. The second kappa shape index (κ2) is 5.75. The molecule has 1 aliphatic rings. The third-order valence-electron chi connectivity index (χ3n) is 3.66. The molecule has 0 aliphatic carbocycles. The van der Waals surface area contributed by atoms with Crippen LogP contribution in [0.5, 0.6) is 0 Å². The summed E-state index contributed by atoms with van der Waals surface area (Å²) in [7, 11) is -3.77. The lowest BCUT2D eigenvalue weighted by molar-refractivity contribution is 0.0250. The molecule has 0 bridgehead atoms. The largest absolute Gasteiger partial charge is 0.478 e. The fourth-order valence-corrected chi connectivity index (χ4v) is 3.75. The Morgan fingerprint density at radius 1 is 1.48 bits per heavy atom. The van der Waals surface area contributed by atoms with Crippen molar-refractivity contribution in [2.45, 2.75) is 37.2 Å². The summed E-state index contributed by atoms with van der Waals surface area (Å²) >= 11 is 0. The predicted octanol–water partition coefficient (Wildman–Crippen LogP) is 1.54. The molecule has 1 aromatic rings. The first-order chi connectivity index (χ1) is 9.73. The van der Waals surface area contributed by atoms with Crippen molar-refractivity contribution < 1.29 is 23.1 Å². The minimum atomic E-state index is -3.77. The van der Waals surface area contributed by atoms with E-state index in [4.69, 9.17) is 9.84 Å². The Labute approximate surface area is 124 Å². The molecule has 0 radical (unpaired) electrons. The van der Waals surface area contributed by atoms with E-state index in [0.29, 0.717) is 12.2 Å². The van der Waals surface area contributed by atoms with Gasteiger partial charge in [0.25, 0.3) is 0 Å². The van der Waals surface area contributed by atoms with E-state index in [1.165, 1.54) is 18.2 Å². The number of aromatic carboxylic acids is 1. The molecule has 1 aromatic carbocycles. The maximum atomic E-state index is 12.4. The Morgan fingerprint density at radius 3 is 2.76 bits per heavy atom. The summed E-state index contributed by atoms with van der Waals surface area (Å²) < 4.78 is 32.8. The molecule has 1 aliphatic heterocycles. The van der Waals surface area contributed by atoms with E-state index in [9.17, 15) is 13.2 Å². The summed E-state index contributed by atoms with van der Waals surface area (Å²) in [5.41, 5.74) is -0.0416. The summed E-state index contributed by atoms with van der Waals surface area (Å²) in [5.74, 6) is -1.16. The van der Waals surface area contributed by atoms with Crippen LogP contribution in [-0.4, -0.2) is 38.2 Å². The van der Waals surface area contributed by atoms with Gasteiger partial charge in [-0.1, -0.05) is 6.07 Å². The fraction of sp³-hybridized carbons (Fsp3) is 0.500. The van der Waals surface area contributed by atoms with Crippen LogP contribution in [0, 0.1) is 6.92 Å². The van der Waals surface area contributed by atoms with Gasteiger partial charge in [-0.3, -0.25) is 0 Å². The fourth-order valence-electron chi connectivity index (χ4n) is 2.32. The van der Waals surface area contributed by atoms with Gasteiger partial charge >= 0.3 is 5.97 Å². The van der Waals surface area contributed by atoms with Gasteiger partial charge in [0, 0.05) is 13.2 Å². The lowest BCUT2D eigenvalue weighted by atomic mass is 10.0. The molecule has 0 saturated carbocycles. The number of carboxylic acid groups (broad SMARTS) is 1. The van der Waals surface area contributed by atoms with Crippen LogP contribution in [0.3, 0.4) is 0 Å². The lowest BCUT2D eigenvalue weighted by Gasteiger charge is -2.23. The van der Waals surface area contributed by atoms with Gasteiger partial charge in [0.2, 0.25) is 10.0 Å². The highest BCUT2D eigenvalue weighted by Crippen LogP contribution is 2.25. The van der Waals surface area contributed by atoms with Crippen molar-refractivity contribution >= 4 is 16.0 Å². The molecule has 2 N–H and O–H groups in total. The van der Waals surface area contributed by atoms with E-state index >= 15 is 0 Å². The number of hydrogen-bond donors (Lipinski definition) is 2. The Balaban J connectivity index is 2.23. The number of hydrogen-bond acceptors (Lipinski definition) is 4. The minimum absolute atomic E-state index is 0.0102. The van der Waals surface area contributed by atoms with E-state index in [1.54, 1.807) is 6.92 Å². The van der Waals surface area contributed by atoms with Crippen LogP contribution in [0.15, 0.2) is 23.1 Å². The summed E-state index contributed by atoms with van der Waals surface area (Å²) in [6.45, 7) is 4.30. The third kappa shape index (κ3) is 3.61. The van der Waals surface area contributed by atoms with Crippen LogP contribution in [0.4, 0.5) is 0 Å². The molecule has 1 heterocycles. The first-order valence-electron chi connectivity index (χ1n) is 6.71. The van der Waals surface area contributed by atoms with Crippen LogP contribution in [-0.2, 0) is 14.8 Å². The molecule has 0 spiro atoms. The topological polar surface area (TPSA) is 92.7 Å². The monoisotopic (exact) mass is 313 g/mol. The maximum Gasteiger partial charge on any atom is 0.335 e. The SMILES string of the molecule is Cc1ccc(C(=O)O)cc1S(=O)(=O)NCC1(C)CCCO1. The predicted molar refractivity (Wildman–Crippen MR) is 76.9 cm³/mol. The molecule has 7 heteroatoms. The van der Waals surface area contributed by atoms with Crippen LogP contribution < -0.4 is 4.72 Å². The number of carbonyl (C=O) groups is 1. The lowest BCUT2D eigenvalue weighted by Crippen LogP contribution is -2.40. The number of carboxylic acids is 1. The van der Waals surface area contributed by atoms with Crippen LogP contribution in [0.25, 0.3) is 0 Å². The molecule has 0 aromatic heterocycles. The van der Waals surface area contributed by atoms with Crippen molar-refractivity contribution in [2.24, 2.45) is 0 Å². The molecule has 1 fully saturated rings. The van der Waals surface area contributed by atoms with Crippen molar-refractivity contribution in [2.75, 3.05) is 13.2 Å². The quantitative estimate of drug-likeness (QED) is 0.860. The Morgan fingerprint density at radius 2 is 2.19 bits per heavy atom. The maximum absolute atomic E-state index is 12.4. The van der Waals surface area contributed by atoms with Gasteiger partial charge in [-0.15, -0.1) is 0 Å². The summed E-state index contributed by atoms with van der Waals surface area (Å²) in [4.78, 5) is 11.0. The van der Waals surface area contributed by atoms with Gasteiger partial charge in [-0.25, -0.2) is 17.9 Å². The van der Waals surface area contributed by atoms with Crippen molar-refractivity contribution in [1.82, 2.24) is 4.72 Å². The molecule has 1 atom stereocenters. The van der Waals surface area contributed by atoms with Crippen LogP contribution in [0.2, 0.25) is 0 Å². The van der Waals surface area contributed by atoms with E-state index in [1.807, 2.05) is 6.92 Å². The van der Waals surface area contributed by atoms with Gasteiger partial charge in [-0.2, -0.15) is 0 Å². The molecule has 116 valence electrons. The molecule has 0 amide bonds. The van der Waals surface area contributed by atoms with Gasteiger partial charge in [0.15, 0.2) is 0 Å². The molecular weight excluding hydrogens is 294 g/mol. The van der Waals surface area contributed by atoms with Gasteiger partial charge in [0.1, 0.15) is 0 Å². The Hall–Kier alpha value is -1.44. The second-order valence-electron chi connectivity index (χ2n) is 5.51. The number of ether oxygens (including phenoxy) is 1. The Bertz CT molecular complexity index is 647. The zero-order valence-electron chi connectivity index (χ0n) is 12.0. The summed E-state index contributed by atoms with van der Waals surface area (Å²) in [6, 6.07) is 4.06. The minimum Gasteiger partial charge on any atom is -0.478 e. The van der Waals surface area contributed by atoms with E-state index in [0.717, 1.165) is 12.8 Å². The first-order valence-corrected chi connectivity index (χ1v) is 8.19. The number of benzene rings is 1. The summed E-state index contributed by atoms with van der Waals surface area (Å²) in [6.07, 6.45) is 1.70. The van der Waals surface area contributed by atoms with Gasteiger partial charge in [-0.05, 0) is 44.4 Å². The zero-order chi connectivity index (χ0) is 15.7. The van der Waals surface area contributed by atoms with E-state index in [-0.39, 0.29) is 17.0 Å². The smallest absolute Gasteiger partial charge is 0.335 e. The molecule has 21 heavy (non-hydrogen) atoms. The second-order valence-corrected chi connectivity index (χ2v) is 7.25. The average Bonchev–Trinajstić information content (AvgIpc) is 2.84. The molecule has 2 rings (SSSR count). The molecule has 6 nitrogen and oxygen atoms in total. The van der Waals surface area contributed by atoms with Crippen molar-refractivity contribution in [3.8, 4) is 0 Å². The van der Waals surface area contributed by atoms with Crippen LogP contribution in [0.1, 0.15) is 35.7 Å². The third-order valence-corrected chi connectivity index (χ3v) is 5.20. The Kier molecular flexibility index (Phi) is 4.36. The van der Waals surface area contributed by atoms with Crippen LogP contribution >= 0.6 is 0 Å². The average molecular weight is 313 g/mol. The van der Waals surface area contributed by atoms with Crippen molar-refractivity contribution in [1.29, 1.82) is 0 Å². The molecule has 1 saturated heterocycles. The number of nitrogens with one attached hydrogen (secondary N) is 1. The molecule has 1 unspecified atom stereocenters. The standard InChI is InChI=1S/C14H19NO5S/c1-10-4-5-11(13(16)17)8-12(10)21(18,19)15-9-14(2)6-3-7-20-14/h4-5,8,15H,3,6-7,9H2,1-2H3,(H,16,17). The highest BCUT2D eigenvalue weighted by Gasteiger charge is 2.31. The number of sulfonamides is 1.